The molecule has 96 valence electrons. The molecule has 0 unspecified atom stereocenters. The van der Waals surface area contributed by atoms with Gasteiger partial charge in [-0.25, -0.2) is 0 Å². The van der Waals surface area contributed by atoms with Crippen LogP contribution in [0.4, 0.5) is 0 Å². The summed E-state index contributed by atoms with van der Waals surface area (Å²) in [5, 5.41) is 1.41. The van der Waals surface area contributed by atoms with Gasteiger partial charge in [-0.15, -0.1) is 11.3 Å². The third-order valence-corrected chi connectivity index (χ3v) is 4.22. The zero-order valence-electron chi connectivity index (χ0n) is 10.6. The lowest BCUT2D eigenvalue weighted by molar-refractivity contribution is 0.415. The fourth-order valence-electron chi connectivity index (χ4n) is 2.07. The van der Waals surface area contributed by atoms with Crippen molar-refractivity contribution < 1.29 is 9.47 Å². The largest absolute Gasteiger partial charge is 0.497 e. The Hall–Kier alpha value is -2.07. The van der Waals surface area contributed by atoms with Crippen molar-refractivity contribution in [2.75, 3.05) is 14.2 Å². The molecular weight excluding hydrogens is 260 g/mol. The van der Waals surface area contributed by atoms with E-state index in [0.29, 0.717) is 16.5 Å². The molecule has 4 heteroatoms. The van der Waals surface area contributed by atoms with Gasteiger partial charge < -0.3 is 9.47 Å². The number of methoxy groups -OCH3 is 2. The van der Waals surface area contributed by atoms with Crippen LogP contribution in [0.3, 0.4) is 0 Å². The molecule has 0 saturated heterocycles. The van der Waals surface area contributed by atoms with Gasteiger partial charge in [0.2, 0.25) is 0 Å². The monoisotopic (exact) mass is 272 g/mol. The van der Waals surface area contributed by atoms with E-state index in [2.05, 4.69) is 0 Å². The van der Waals surface area contributed by atoms with Crippen LogP contribution in [-0.4, -0.2) is 14.2 Å². The summed E-state index contributed by atoms with van der Waals surface area (Å²) < 4.78 is 12.2. The number of ether oxygens (including phenoxy) is 2. The summed E-state index contributed by atoms with van der Waals surface area (Å²) in [5.41, 5.74) is 0.0327. The van der Waals surface area contributed by atoms with E-state index >= 15 is 0 Å². The molecule has 3 nitrogen and oxygen atoms in total. The van der Waals surface area contributed by atoms with Gasteiger partial charge in [0.15, 0.2) is 5.43 Å². The molecule has 0 saturated carbocycles. The summed E-state index contributed by atoms with van der Waals surface area (Å²) in [6, 6.07) is 11.1. The average Bonchev–Trinajstić information content (AvgIpc) is 2.46. The molecule has 0 radical (unpaired) electrons. The van der Waals surface area contributed by atoms with Crippen molar-refractivity contribution >= 4 is 31.5 Å². The van der Waals surface area contributed by atoms with Crippen LogP contribution in [0.15, 0.2) is 41.2 Å². The van der Waals surface area contributed by atoms with Gasteiger partial charge in [-0.3, -0.25) is 4.79 Å². The number of benzene rings is 2. The first-order valence-corrected chi connectivity index (χ1v) is 6.63. The second-order valence-electron chi connectivity index (χ2n) is 4.16. The fourth-order valence-corrected chi connectivity index (χ4v) is 3.15. The number of rotatable bonds is 2. The maximum atomic E-state index is 12.5. The molecule has 1 aromatic heterocycles. The highest BCUT2D eigenvalue weighted by Crippen LogP contribution is 2.29. The summed E-state index contributed by atoms with van der Waals surface area (Å²) in [6.45, 7) is 0. The van der Waals surface area contributed by atoms with Crippen LogP contribution < -0.4 is 14.9 Å². The first-order chi connectivity index (χ1) is 9.22. The molecule has 3 aromatic rings. The molecule has 0 aliphatic heterocycles. The molecule has 0 aliphatic rings. The van der Waals surface area contributed by atoms with Gasteiger partial charge in [0.05, 0.1) is 14.2 Å². The van der Waals surface area contributed by atoms with Crippen molar-refractivity contribution in [1.29, 1.82) is 0 Å². The molecule has 1 heterocycles. The lowest BCUT2D eigenvalue weighted by Crippen LogP contribution is -2.01. The second kappa shape index (κ2) is 4.55. The predicted octanol–water partition coefficient (Wildman–Crippen LogP) is 3.43. The molecule has 0 bridgehead atoms. The van der Waals surface area contributed by atoms with Crippen molar-refractivity contribution in [2.24, 2.45) is 0 Å². The predicted molar refractivity (Wildman–Crippen MR) is 78.7 cm³/mol. The highest BCUT2D eigenvalue weighted by Gasteiger charge is 2.08. The van der Waals surface area contributed by atoms with Gasteiger partial charge >= 0.3 is 0 Å². The summed E-state index contributed by atoms with van der Waals surface area (Å²) in [6.07, 6.45) is 0. The molecule has 0 N–H and O–H groups in total. The Labute approximate surface area is 114 Å². The van der Waals surface area contributed by atoms with Crippen molar-refractivity contribution in [3.8, 4) is 11.5 Å². The molecule has 0 amide bonds. The zero-order valence-corrected chi connectivity index (χ0v) is 11.4. The van der Waals surface area contributed by atoms with E-state index in [4.69, 9.17) is 9.47 Å². The van der Waals surface area contributed by atoms with E-state index < -0.39 is 0 Å². The van der Waals surface area contributed by atoms with E-state index in [9.17, 15) is 4.79 Å². The molecule has 19 heavy (non-hydrogen) atoms. The van der Waals surface area contributed by atoms with Gasteiger partial charge in [-0.2, -0.15) is 0 Å². The summed E-state index contributed by atoms with van der Waals surface area (Å²) in [7, 11) is 3.22. The first kappa shape index (κ1) is 12.0. The van der Waals surface area contributed by atoms with Crippen LogP contribution in [0, 0.1) is 0 Å². The molecule has 0 spiro atoms. The molecule has 0 atom stereocenters. The van der Waals surface area contributed by atoms with Crippen LogP contribution in [0.25, 0.3) is 20.2 Å². The van der Waals surface area contributed by atoms with Crippen LogP contribution in [0.2, 0.25) is 0 Å². The number of hydrogen-bond acceptors (Lipinski definition) is 4. The second-order valence-corrected chi connectivity index (χ2v) is 5.24. The number of fused-ring (bicyclic) bond motifs is 2. The Bertz CT molecular complexity index is 821. The smallest absolute Gasteiger partial charge is 0.196 e. The quantitative estimate of drug-likeness (QED) is 0.670. The van der Waals surface area contributed by atoms with Gasteiger partial charge in [-0.1, -0.05) is 0 Å². The van der Waals surface area contributed by atoms with Crippen LogP contribution in [0.5, 0.6) is 11.5 Å². The first-order valence-electron chi connectivity index (χ1n) is 5.81. The van der Waals surface area contributed by atoms with Crippen molar-refractivity contribution in [1.82, 2.24) is 0 Å². The SMILES string of the molecule is COc1ccc2c(=O)c3cc(OC)ccc3sc2c1. The maximum absolute atomic E-state index is 12.5. The standard InChI is InChI=1S/C15H12O3S/c1-17-9-4-6-13-12(7-9)15(16)11-5-3-10(18-2)8-14(11)19-13/h3-8H,1-2H3. The lowest BCUT2D eigenvalue weighted by atomic mass is 10.2. The Morgan fingerprint density at radius 1 is 0.842 bits per heavy atom. The van der Waals surface area contributed by atoms with E-state index in [1.165, 1.54) is 0 Å². The van der Waals surface area contributed by atoms with Gasteiger partial charge in [0.1, 0.15) is 11.5 Å². The van der Waals surface area contributed by atoms with Crippen molar-refractivity contribution in [3.05, 3.63) is 46.6 Å². The average molecular weight is 272 g/mol. The van der Waals surface area contributed by atoms with Crippen molar-refractivity contribution in [2.45, 2.75) is 0 Å². The molecule has 0 fully saturated rings. The summed E-state index contributed by atoms with van der Waals surface area (Å²) in [5.74, 6) is 1.46. The third kappa shape index (κ3) is 1.94. The third-order valence-electron chi connectivity index (χ3n) is 3.08. The number of hydrogen-bond donors (Lipinski definition) is 0. The minimum absolute atomic E-state index is 0.0327. The fraction of sp³-hybridized carbons (Fsp3) is 0.133. The van der Waals surface area contributed by atoms with E-state index in [-0.39, 0.29) is 5.43 Å². The van der Waals surface area contributed by atoms with Crippen LogP contribution >= 0.6 is 11.3 Å². The van der Waals surface area contributed by atoms with Crippen molar-refractivity contribution in [3.63, 3.8) is 0 Å². The Kier molecular flexibility index (Phi) is 2.87. The summed E-state index contributed by atoms with van der Waals surface area (Å²) in [4.78, 5) is 12.5. The molecule has 0 aliphatic carbocycles. The van der Waals surface area contributed by atoms with Crippen LogP contribution in [-0.2, 0) is 0 Å². The Balaban J connectivity index is 2.41. The lowest BCUT2D eigenvalue weighted by Gasteiger charge is -2.05. The molecule has 3 rings (SSSR count). The van der Waals surface area contributed by atoms with Gasteiger partial charge in [-0.05, 0) is 36.4 Å². The van der Waals surface area contributed by atoms with Gasteiger partial charge in [0, 0.05) is 20.2 Å². The van der Waals surface area contributed by atoms with Crippen LogP contribution in [0.1, 0.15) is 0 Å². The van der Waals surface area contributed by atoms with Gasteiger partial charge in [0.25, 0.3) is 0 Å². The van der Waals surface area contributed by atoms with E-state index in [0.717, 1.165) is 15.1 Å². The minimum atomic E-state index is 0.0327. The highest BCUT2D eigenvalue weighted by atomic mass is 32.1. The molecule has 2 aromatic carbocycles. The van der Waals surface area contributed by atoms with E-state index in [1.807, 2.05) is 30.3 Å². The van der Waals surface area contributed by atoms with E-state index in [1.54, 1.807) is 31.6 Å². The maximum Gasteiger partial charge on any atom is 0.196 e. The summed E-state index contributed by atoms with van der Waals surface area (Å²) >= 11 is 1.58. The topological polar surface area (TPSA) is 35.5 Å². The zero-order chi connectivity index (χ0) is 13.4. The normalized spacial score (nSPS) is 10.8. The Morgan fingerprint density at radius 2 is 1.53 bits per heavy atom. The Morgan fingerprint density at radius 3 is 2.26 bits per heavy atom. The minimum Gasteiger partial charge on any atom is -0.497 e. The molecular formula is C15H12O3S. The highest BCUT2D eigenvalue weighted by molar-refractivity contribution is 7.24.